The number of fused-ring (bicyclic) bond motifs is 3. The van der Waals surface area contributed by atoms with Crippen LogP contribution in [0.3, 0.4) is 0 Å². The number of hydrogen-bond donors (Lipinski definition) is 1. The third-order valence-corrected chi connectivity index (χ3v) is 7.15. The number of anilines is 2. The summed E-state index contributed by atoms with van der Waals surface area (Å²) in [5, 5.41) is 3.41. The second-order valence-corrected chi connectivity index (χ2v) is 9.11. The molecule has 0 aromatic heterocycles. The molecule has 2 unspecified atom stereocenters. The molecule has 2 aromatic carbocycles. The van der Waals surface area contributed by atoms with E-state index in [0.717, 1.165) is 69.2 Å². The maximum atomic E-state index is 14.1. The van der Waals surface area contributed by atoms with E-state index in [4.69, 9.17) is 0 Å². The maximum absolute atomic E-state index is 14.1. The standard InChI is InChI=1S/C25H32F2N4/c26-19-3-6-21(7-4-19)31-24-8-5-20(27)17-22(24)23-18-30(14-9-25(23)31)13-2-1-12-29-15-10-28-11-16-29/h3-8,17,23,25,28H,1-2,9-16,18H2. The summed E-state index contributed by atoms with van der Waals surface area (Å²) in [6.07, 6.45) is 3.48. The Balaban J connectivity index is 1.25. The fraction of sp³-hybridized carbons (Fsp3) is 0.520. The number of nitrogens with one attached hydrogen (secondary N) is 1. The van der Waals surface area contributed by atoms with Crippen LogP contribution < -0.4 is 10.2 Å². The first-order chi connectivity index (χ1) is 15.2. The summed E-state index contributed by atoms with van der Waals surface area (Å²) >= 11 is 0. The van der Waals surface area contributed by atoms with Crippen LogP contribution in [0.2, 0.25) is 0 Å². The number of piperidine rings is 1. The minimum absolute atomic E-state index is 0.174. The van der Waals surface area contributed by atoms with Crippen LogP contribution in [-0.4, -0.2) is 68.2 Å². The molecule has 166 valence electrons. The predicted molar refractivity (Wildman–Crippen MR) is 121 cm³/mol. The molecular weight excluding hydrogens is 394 g/mol. The summed E-state index contributed by atoms with van der Waals surface area (Å²) in [7, 11) is 0. The molecule has 31 heavy (non-hydrogen) atoms. The zero-order valence-corrected chi connectivity index (χ0v) is 18.1. The van der Waals surface area contributed by atoms with Gasteiger partial charge in [-0.3, -0.25) is 0 Å². The summed E-state index contributed by atoms with van der Waals surface area (Å²) in [5.41, 5.74) is 3.16. The monoisotopic (exact) mass is 426 g/mol. The lowest BCUT2D eigenvalue weighted by atomic mass is 9.89. The Kier molecular flexibility index (Phi) is 6.21. The Hall–Kier alpha value is -2.02. The number of hydrogen-bond acceptors (Lipinski definition) is 4. The lowest BCUT2D eigenvalue weighted by Crippen LogP contribution is -2.45. The Morgan fingerprint density at radius 1 is 0.839 bits per heavy atom. The quantitative estimate of drug-likeness (QED) is 0.706. The van der Waals surface area contributed by atoms with Crippen LogP contribution in [0.25, 0.3) is 0 Å². The van der Waals surface area contributed by atoms with E-state index in [2.05, 4.69) is 20.0 Å². The molecular formula is C25H32F2N4. The number of benzene rings is 2. The highest BCUT2D eigenvalue weighted by Crippen LogP contribution is 2.48. The van der Waals surface area contributed by atoms with Gasteiger partial charge in [0.2, 0.25) is 0 Å². The van der Waals surface area contributed by atoms with Gasteiger partial charge in [-0.25, -0.2) is 8.78 Å². The lowest BCUT2D eigenvalue weighted by molar-refractivity contribution is 0.185. The van der Waals surface area contributed by atoms with Crippen LogP contribution in [0.5, 0.6) is 0 Å². The highest BCUT2D eigenvalue weighted by molar-refractivity contribution is 5.73. The first-order valence-corrected chi connectivity index (χ1v) is 11.7. The lowest BCUT2D eigenvalue weighted by Gasteiger charge is -2.39. The summed E-state index contributed by atoms with van der Waals surface area (Å²) in [6.45, 7) is 8.86. The molecule has 0 saturated carbocycles. The van der Waals surface area contributed by atoms with Crippen molar-refractivity contribution < 1.29 is 8.78 Å². The SMILES string of the molecule is Fc1ccc(N2c3ccc(F)cc3C3CN(CCCCN4CCNCC4)CCC32)cc1. The first kappa shape index (κ1) is 20.9. The van der Waals surface area contributed by atoms with E-state index < -0.39 is 0 Å². The smallest absolute Gasteiger partial charge is 0.123 e. The van der Waals surface area contributed by atoms with E-state index in [1.807, 2.05) is 18.2 Å². The largest absolute Gasteiger partial charge is 0.337 e. The summed E-state index contributed by atoms with van der Waals surface area (Å²) in [6, 6.07) is 12.2. The maximum Gasteiger partial charge on any atom is 0.123 e. The molecule has 6 heteroatoms. The second kappa shape index (κ2) is 9.23. The van der Waals surface area contributed by atoms with Gasteiger partial charge in [0.25, 0.3) is 0 Å². The van der Waals surface area contributed by atoms with Crippen LogP contribution in [0, 0.1) is 11.6 Å². The molecule has 2 atom stereocenters. The van der Waals surface area contributed by atoms with E-state index >= 15 is 0 Å². The summed E-state index contributed by atoms with van der Waals surface area (Å²) in [4.78, 5) is 7.42. The molecule has 0 bridgehead atoms. The topological polar surface area (TPSA) is 21.8 Å². The molecule has 2 aromatic rings. The van der Waals surface area contributed by atoms with Gasteiger partial charge in [-0.05, 0) is 80.4 Å². The molecule has 3 aliphatic rings. The Bertz CT molecular complexity index is 882. The minimum Gasteiger partial charge on any atom is -0.337 e. The van der Waals surface area contributed by atoms with Gasteiger partial charge in [-0.2, -0.15) is 0 Å². The van der Waals surface area contributed by atoms with E-state index in [-0.39, 0.29) is 17.6 Å². The number of halogens is 2. The first-order valence-electron chi connectivity index (χ1n) is 11.7. The summed E-state index contributed by atoms with van der Waals surface area (Å²) in [5.74, 6) is -0.112. The number of unbranched alkanes of at least 4 members (excludes halogenated alkanes) is 1. The fourth-order valence-corrected chi connectivity index (χ4v) is 5.58. The highest BCUT2D eigenvalue weighted by atomic mass is 19.1. The normalized spacial score (nSPS) is 24.3. The van der Waals surface area contributed by atoms with Crippen LogP contribution in [0.1, 0.15) is 30.7 Å². The van der Waals surface area contributed by atoms with Crippen molar-refractivity contribution in [2.24, 2.45) is 0 Å². The van der Waals surface area contributed by atoms with Crippen LogP contribution in [-0.2, 0) is 0 Å². The summed E-state index contributed by atoms with van der Waals surface area (Å²) < 4.78 is 27.6. The van der Waals surface area contributed by atoms with Gasteiger partial charge in [0.1, 0.15) is 11.6 Å². The van der Waals surface area contributed by atoms with Gasteiger partial charge < -0.3 is 20.0 Å². The van der Waals surface area contributed by atoms with Gasteiger partial charge in [-0.1, -0.05) is 0 Å². The van der Waals surface area contributed by atoms with Crippen molar-refractivity contribution in [2.75, 3.05) is 57.3 Å². The minimum atomic E-state index is -0.227. The molecule has 5 rings (SSSR count). The Morgan fingerprint density at radius 2 is 1.55 bits per heavy atom. The highest BCUT2D eigenvalue weighted by Gasteiger charge is 2.42. The third-order valence-electron chi connectivity index (χ3n) is 7.15. The molecule has 4 nitrogen and oxygen atoms in total. The van der Waals surface area contributed by atoms with Crippen molar-refractivity contribution in [3.05, 3.63) is 59.7 Å². The molecule has 0 radical (unpaired) electrons. The Morgan fingerprint density at radius 3 is 2.32 bits per heavy atom. The van der Waals surface area contributed by atoms with Gasteiger partial charge in [-0.15, -0.1) is 0 Å². The predicted octanol–water partition coefficient (Wildman–Crippen LogP) is 3.96. The number of rotatable bonds is 6. The molecule has 1 N–H and O–H groups in total. The van der Waals surface area contributed by atoms with E-state index in [9.17, 15) is 8.78 Å². The number of nitrogens with zero attached hydrogens (tertiary/aromatic N) is 3. The van der Waals surface area contributed by atoms with E-state index in [1.54, 1.807) is 12.1 Å². The zero-order valence-electron chi connectivity index (χ0n) is 18.1. The number of likely N-dealkylation sites (tertiary alicyclic amines) is 1. The van der Waals surface area contributed by atoms with Gasteiger partial charge in [0.15, 0.2) is 0 Å². The molecule has 2 saturated heterocycles. The molecule has 0 aliphatic carbocycles. The zero-order chi connectivity index (χ0) is 21.2. The van der Waals surface area contributed by atoms with Crippen molar-refractivity contribution in [3.63, 3.8) is 0 Å². The molecule has 3 heterocycles. The van der Waals surface area contributed by atoms with E-state index in [1.165, 1.54) is 31.5 Å². The van der Waals surface area contributed by atoms with Crippen LogP contribution >= 0.6 is 0 Å². The number of piperazine rings is 1. The molecule has 3 aliphatic heterocycles. The van der Waals surface area contributed by atoms with Gasteiger partial charge in [0, 0.05) is 62.6 Å². The van der Waals surface area contributed by atoms with Crippen molar-refractivity contribution in [2.45, 2.75) is 31.2 Å². The average molecular weight is 427 g/mol. The van der Waals surface area contributed by atoms with Gasteiger partial charge >= 0.3 is 0 Å². The van der Waals surface area contributed by atoms with Crippen molar-refractivity contribution in [1.82, 2.24) is 15.1 Å². The van der Waals surface area contributed by atoms with Crippen LogP contribution in [0.4, 0.5) is 20.2 Å². The van der Waals surface area contributed by atoms with Crippen molar-refractivity contribution in [3.8, 4) is 0 Å². The van der Waals surface area contributed by atoms with Gasteiger partial charge in [0.05, 0.1) is 0 Å². The average Bonchev–Trinajstić information content (AvgIpc) is 3.11. The second-order valence-electron chi connectivity index (χ2n) is 9.11. The third kappa shape index (κ3) is 4.47. The molecule has 0 spiro atoms. The fourth-order valence-electron chi connectivity index (χ4n) is 5.58. The Labute approximate surface area is 183 Å². The van der Waals surface area contributed by atoms with Crippen molar-refractivity contribution in [1.29, 1.82) is 0 Å². The molecule has 2 fully saturated rings. The molecule has 0 amide bonds. The van der Waals surface area contributed by atoms with Crippen LogP contribution in [0.15, 0.2) is 42.5 Å². The van der Waals surface area contributed by atoms with E-state index in [0.29, 0.717) is 6.04 Å². The van der Waals surface area contributed by atoms with Crippen molar-refractivity contribution >= 4 is 11.4 Å².